The van der Waals surface area contributed by atoms with Crippen molar-refractivity contribution in [2.24, 2.45) is 0 Å². The third kappa shape index (κ3) is 4.15. The quantitative estimate of drug-likeness (QED) is 0.796. The maximum Gasteiger partial charge on any atom is 0.418 e. The Bertz CT molecular complexity index is 421. The number of anilines is 1. The Balaban J connectivity index is 2.96. The van der Waals surface area contributed by atoms with Crippen LogP contribution < -0.4 is 5.32 Å². The zero-order chi connectivity index (χ0) is 14.0. The molecule has 0 spiro atoms. The highest BCUT2D eigenvalue weighted by atomic mass is 79.9. The van der Waals surface area contributed by atoms with Crippen molar-refractivity contribution in [1.29, 1.82) is 0 Å². The van der Waals surface area contributed by atoms with Gasteiger partial charge in [0.05, 0.1) is 12.2 Å². The Morgan fingerprint density at radius 2 is 1.94 bits per heavy atom. The molecular weight excluding hydrogens is 315 g/mol. The number of aliphatic hydroxyl groups excluding tert-OH is 1. The lowest BCUT2D eigenvalue weighted by molar-refractivity contribution is -0.137. The second-order valence-electron chi connectivity index (χ2n) is 4.20. The van der Waals surface area contributed by atoms with Crippen molar-refractivity contribution in [3.05, 3.63) is 28.2 Å². The molecule has 0 bridgehead atoms. The lowest BCUT2D eigenvalue weighted by Gasteiger charge is -2.23. The minimum atomic E-state index is -4.49. The van der Waals surface area contributed by atoms with Gasteiger partial charge in [-0.3, -0.25) is 0 Å². The average Bonchev–Trinajstić information content (AvgIpc) is 2.26. The van der Waals surface area contributed by atoms with Gasteiger partial charge in [0.25, 0.3) is 0 Å². The van der Waals surface area contributed by atoms with E-state index in [1.165, 1.54) is 19.1 Å². The SMILES string of the molecule is CC(O)(CO)CNc1ccc(Br)cc1C(F)(F)F. The molecule has 3 N–H and O–H groups in total. The first kappa shape index (κ1) is 15.3. The lowest BCUT2D eigenvalue weighted by Crippen LogP contribution is -2.37. The summed E-state index contributed by atoms with van der Waals surface area (Å²) in [6, 6.07) is 3.68. The van der Waals surface area contributed by atoms with Crippen LogP contribution in [-0.4, -0.2) is 29.0 Å². The number of benzene rings is 1. The summed E-state index contributed by atoms with van der Waals surface area (Å²) in [7, 11) is 0. The van der Waals surface area contributed by atoms with Crippen LogP contribution in [0.25, 0.3) is 0 Å². The minimum absolute atomic E-state index is 0.139. The van der Waals surface area contributed by atoms with E-state index in [2.05, 4.69) is 21.2 Å². The van der Waals surface area contributed by atoms with E-state index in [0.29, 0.717) is 4.47 Å². The Labute approximate surface area is 111 Å². The fourth-order valence-corrected chi connectivity index (χ4v) is 1.61. The molecule has 1 aromatic rings. The summed E-state index contributed by atoms with van der Waals surface area (Å²) in [6.07, 6.45) is -4.49. The molecule has 1 rings (SSSR count). The molecule has 0 aliphatic carbocycles. The number of halogens is 4. The Hall–Kier alpha value is -0.790. The van der Waals surface area contributed by atoms with Gasteiger partial charge in [0.15, 0.2) is 0 Å². The van der Waals surface area contributed by atoms with Gasteiger partial charge in [-0.1, -0.05) is 15.9 Å². The number of hydrogen-bond donors (Lipinski definition) is 3. The second-order valence-corrected chi connectivity index (χ2v) is 5.11. The standard InChI is InChI=1S/C11H13BrF3NO2/c1-10(18,6-17)5-16-9-3-2-7(12)4-8(9)11(13,14)15/h2-4,16-18H,5-6H2,1H3. The summed E-state index contributed by atoms with van der Waals surface area (Å²) in [4.78, 5) is 0. The number of aliphatic hydroxyl groups is 2. The molecule has 1 atom stereocenters. The van der Waals surface area contributed by atoms with Crippen molar-refractivity contribution in [3.8, 4) is 0 Å². The second kappa shape index (κ2) is 5.46. The average molecular weight is 328 g/mol. The van der Waals surface area contributed by atoms with E-state index < -0.39 is 23.9 Å². The van der Waals surface area contributed by atoms with E-state index >= 15 is 0 Å². The van der Waals surface area contributed by atoms with E-state index in [0.717, 1.165) is 6.07 Å². The summed E-state index contributed by atoms with van der Waals surface area (Å²) in [5, 5.41) is 20.8. The highest BCUT2D eigenvalue weighted by Gasteiger charge is 2.34. The fraction of sp³-hybridized carbons (Fsp3) is 0.455. The van der Waals surface area contributed by atoms with E-state index in [9.17, 15) is 18.3 Å². The number of rotatable bonds is 4. The molecule has 0 fully saturated rings. The molecule has 18 heavy (non-hydrogen) atoms. The molecule has 0 amide bonds. The fourth-order valence-electron chi connectivity index (χ4n) is 1.25. The van der Waals surface area contributed by atoms with Crippen LogP contribution in [0.2, 0.25) is 0 Å². The zero-order valence-electron chi connectivity index (χ0n) is 9.55. The first-order chi connectivity index (χ1) is 8.15. The molecule has 3 nitrogen and oxygen atoms in total. The largest absolute Gasteiger partial charge is 0.418 e. The molecular formula is C11H13BrF3NO2. The summed E-state index contributed by atoms with van der Waals surface area (Å²) >= 11 is 2.98. The van der Waals surface area contributed by atoms with Gasteiger partial charge in [-0.05, 0) is 25.1 Å². The molecule has 0 saturated heterocycles. The van der Waals surface area contributed by atoms with Crippen LogP contribution in [0, 0.1) is 0 Å². The predicted octanol–water partition coefficient (Wildman–Crippen LogP) is 2.62. The van der Waals surface area contributed by atoms with Crippen LogP contribution in [0.3, 0.4) is 0 Å². The summed E-state index contributed by atoms with van der Waals surface area (Å²) in [5.74, 6) is 0. The topological polar surface area (TPSA) is 52.5 Å². The molecule has 102 valence electrons. The smallest absolute Gasteiger partial charge is 0.393 e. The Kier molecular flexibility index (Phi) is 4.63. The van der Waals surface area contributed by atoms with Gasteiger partial charge in [-0.2, -0.15) is 13.2 Å². The van der Waals surface area contributed by atoms with Crippen molar-refractivity contribution in [2.75, 3.05) is 18.5 Å². The van der Waals surface area contributed by atoms with Crippen LogP contribution in [0.4, 0.5) is 18.9 Å². The number of alkyl halides is 3. The van der Waals surface area contributed by atoms with E-state index in [-0.39, 0.29) is 12.2 Å². The summed E-state index contributed by atoms with van der Waals surface area (Å²) in [6.45, 7) is 0.595. The first-order valence-corrected chi connectivity index (χ1v) is 5.89. The maximum absolute atomic E-state index is 12.8. The molecule has 0 heterocycles. The summed E-state index contributed by atoms with van der Waals surface area (Å²) < 4.78 is 38.6. The number of hydrogen-bond acceptors (Lipinski definition) is 3. The van der Waals surface area contributed by atoms with Gasteiger partial charge in [-0.25, -0.2) is 0 Å². The molecule has 0 radical (unpaired) electrons. The van der Waals surface area contributed by atoms with E-state index in [1.54, 1.807) is 0 Å². The Morgan fingerprint density at radius 1 is 1.33 bits per heavy atom. The predicted molar refractivity (Wildman–Crippen MR) is 65.3 cm³/mol. The van der Waals surface area contributed by atoms with E-state index in [1.807, 2.05) is 0 Å². The van der Waals surface area contributed by atoms with Gasteiger partial charge in [0.1, 0.15) is 5.60 Å². The van der Waals surface area contributed by atoms with Gasteiger partial charge >= 0.3 is 6.18 Å². The molecule has 1 unspecified atom stereocenters. The van der Waals surface area contributed by atoms with Crippen LogP contribution in [0.15, 0.2) is 22.7 Å². The molecule has 7 heteroatoms. The van der Waals surface area contributed by atoms with Crippen LogP contribution in [0.1, 0.15) is 12.5 Å². The molecule has 0 aliphatic rings. The highest BCUT2D eigenvalue weighted by molar-refractivity contribution is 9.10. The molecule has 0 aliphatic heterocycles. The van der Waals surface area contributed by atoms with Crippen LogP contribution >= 0.6 is 15.9 Å². The van der Waals surface area contributed by atoms with Gasteiger partial charge in [0.2, 0.25) is 0 Å². The molecule has 0 saturated carbocycles. The maximum atomic E-state index is 12.8. The third-order valence-electron chi connectivity index (χ3n) is 2.29. The van der Waals surface area contributed by atoms with Crippen molar-refractivity contribution < 1.29 is 23.4 Å². The van der Waals surface area contributed by atoms with Gasteiger partial charge < -0.3 is 15.5 Å². The minimum Gasteiger partial charge on any atom is -0.393 e. The van der Waals surface area contributed by atoms with Gasteiger partial charge in [-0.15, -0.1) is 0 Å². The first-order valence-electron chi connectivity index (χ1n) is 5.09. The summed E-state index contributed by atoms with van der Waals surface area (Å²) in [5.41, 5.74) is -2.44. The Morgan fingerprint density at radius 3 is 2.44 bits per heavy atom. The van der Waals surface area contributed by atoms with Crippen molar-refractivity contribution in [3.63, 3.8) is 0 Å². The van der Waals surface area contributed by atoms with Crippen LogP contribution in [-0.2, 0) is 6.18 Å². The van der Waals surface area contributed by atoms with Gasteiger partial charge in [0, 0.05) is 16.7 Å². The van der Waals surface area contributed by atoms with E-state index in [4.69, 9.17) is 5.11 Å². The molecule has 0 aromatic heterocycles. The normalized spacial score (nSPS) is 15.3. The van der Waals surface area contributed by atoms with Crippen molar-refractivity contribution in [2.45, 2.75) is 18.7 Å². The van der Waals surface area contributed by atoms with Crippen LogP contribution in [0.5, 0.6) is 0 Å². The zero-order valence-corrected chi connectivity index (χ0v) is 11.1. The third-order valence-corrected chi connectivity index (χ3v) is 2.78. The van der Waals surface area contributed by atoms with Crippen molar-refractivity contribution in [1.82, 2.24) is 0 Å². The highest BCUT2D eigenvalue weighted by Crippen LogP contribution is 2.36. The lowest BCUT2D eigenvalue weighted by atomic mass is 10.1. The monoisotopic (exact) mass is 327 g/mol. The van der Waals surface area contributed by atoms with Crippen molar-refractivity contribution >= 4 is 21.6 Å². The number of nitrogens with one attached hydrogen (secondary N) is 1. The molecule has 1 aromatic carbocycles.